The number of allylic oxidation sites excluding steroid dienone is 1. The summed E-state index contributed by atoms with van der Waals surface area (Å²) in [7, 11) is 0. The van der Waals surface area contributed by atoms with Crippen LogP contribution in [-0.4, -0.2) is 70.3 Å². The smallest absolute Gasteiger partial charge is 0.286 e. The lowest BCUT2D eigenvalue weighted by atomic mass is 9.81. The number of hydrogen-bond donors (Lipinski definition) is 2. The van der Waals surface area contributed by atoms with Crippen molar-refractivity contribution < 1.29 is 38.3 Å². The molecule has 0 aromatic heterocycles. The van der Waals surface area contributed by atoms with E-state index in [2.05, 4.69) is 5.32 Å². The molecule has 2 aliphatic heterocycles. The van der Waals surface area contributed by atoms with Gasteiger partial charge in [0.05, 0.1) is 26.4 Å². The zero-order valence-electron chi connectivity index (χ0n) is 19.7. The van der Waals surface area contributed by atoms with E-state index in [9.17, 15) is 4.79 Å². The summed E-state index contributed by atoms with van der Waals surface area (Å²) in [4.78, 5) is 12.9. The minimum atomic E-state index is -0.582. The van der Waals surface area contributed by atoms with E-state index in [1.807, 2.05) is 31.2 Å². The van der Waals surface area contributed by atoms with Gasteiger partial charge in [-0.15, -0.1) is 0 Å². The topological polar surface area (TPSA) is 105 Å². The van der Waals surface area contributed by atoms with Crippen LogP contribution in [0.1, 0.15) is 37.7 Å². The molecule has 1 amide bonds. The standard InChI is InChI=1S/C25H35NO8/c1-2-31-25-19(7-9-29-11-12-30-10-8-27)20(18-5-6-21-22(13-18)33-16-32-21)14-23(34-25)24(28)26-15-17-3-4-17/h5-6,13-14,17,19-20,25,27H,2-4,7-12,15-16H2,1H3,(H,26,28)/t19-,20+,25+/m1/s1. The maximum atomic E-state index is 12.9. The number of aliphatic hydroxyl groups is 1. The normalized spacial score (nSPS) is 23.4. The van der Waals surface area contributed by atoms with Crippen LogP contribution in [-0.2, 0) is 23.7 Å². The Morgan fingerprint density at radius 3 is 2.68 bits per heavy atom. The highest BCUT2D eigenvalue weighted by atomic mass is 16.7. The Bertz CT molecular complexity index is 840. The third kappa shape index (κ3) is 6.63. The van der Waals surface area contributed by atoms with Crippen LogP contribution in [0.3, 0.4) is 0 Å². The van der Waals surface area contributed by atoms with Crippen LogP contribution < -0.4 is 14.8 Å². The van der Waals surface area contributed by atoms with E-state index in [1.54, 1.807) is 0 Å². The second kappa shape index (κ2) is 12.4. The largest absolute Gasteiger partial charge is 0.459 e. The Balaban J connectivity index is 1.49. The van der Waals surface area contributed by atoms with E-state index in [1.165, 1.54) is 0 Å². The maximum Gasteiger partial charge on any atom is 0.286 e. The molecule has 1 aromatic carbocycles. The molecule has 188 valence electrons. The van der Waals surface area contributed by atoms with Gasteiger partial charge in [-0.3, -0.25) is 4.79 Å². The first-order valence-electron chi connectivity index (χ1n) is 12.1. The number of amides is 1. The zero-order valence-corrected chi connectivity index (χ0v) is 19.7. The summed E-state index contributed by atoms with van der Waals surface area (Å²) in [6.07, 6.45) is 4.30. The molecular weight excluding hydrogens is 442 g/mol. The van der Waals surface area contributed by atoms with Crippen molar-refractivity contribution >= 4 is 5.91 Å². The fraction of sp³-hybridized carbons (Fsp3) is 0.640. The summed E-state index contributed by atoms with van der Waals surface area (Å²) in [6, 6.07) is 5.86. The van der Waals surface area contributed by atoms with Gasteiger partial charge in [-0.25, -0.2) is 0 Å². The van der Waals surface area contributed by atoms with Crippen LogP contribution in [0.4, 0.5) is 0 Å². The molecule has 1 aromatic rings. The molecule has 0 radical (unpaired) electrons. The number of benzene rings is 1. The van der Waals surface area contributed by atoms with Gasteiger partial charge < -0.3 is 38.8 Å². The van der Waals surface area contributed by atoms with E-state index in [4.69, 9.17) is 33.5 Å². The number of aliphatic hydroxyl groups excluding tert-OH is 1. The third-order valence-electron chi connectivity index (χ3n) is 6.17. The second-order valence-electron chi connectivity index (χ2n) is 8.67. The summed E-state index contributed by atoms with van der Waals surface area (Å²) < 4.78 is 34.1. The second-order valence-corrected chi connectivity index (χ2v) is 8.67. The average Bonchev–Trinajstić information content (AvgIpc) is 3.56. The molecule has 4 rings (SSSR count). The summed E-state index contributed by atoms with van der Waals surface area (Å²) in [6.45, 7) is 4.89. The molecule has 0 bridgehead atoms. The van der Waals surface area contributed by atoms with Crippen molar-refractivity contribution in [2.75, 3.05) is 53.0 Å². The minimum Gasteiger partial charge on any atom is -0.459 e. The molecule has 1 saturated carbocycles. The molecule has 1 fully saturated rings. The number of carbonyl (C=O) groups excluding carboxylic acids is 1. The average molecular weight is 478 g/mol. The maximum absolute atomic E-state index is 12.9. The van der Waals surface area contributed by atoms with Crippen LogP contribution in [0.15, 0.2) is 30.0 Å². The van der Waals surface area contributed by atoms with E-state index in [0.29, 0.717) is 63.4 Å². The molecule has 2 N–H and O–H groups in total. The third-order valence-corrected chi connectivity index (χ3v) is 6.17. The lowest BCUT2D eigenvalue weighted by Gasteiger charge is -2.37. The van der Waals surface area contributed by atoms with Gasteiger partial charge >= 0.3 is 0 Å². The number of ether oxygens (including phenoxy) is 6. The van der Waals surface area contributed by atoms with E-state index < -0.39 is 6.29 Å². The van der Waals surface area contributed by atoms with Crippen molar-refractivity contribution in [2.24, 2.45) is 11.8 Å². The molecule has 2 heterocycles. The number of nitrogens with one attached hydrogen (secondary N) is 1. The number of hydrogen-bond acceptors (Lipinski definition) is 8. The quantitative estimate of drug-likeness (QED) is 0.394. The SMILES string of the molecule is CCO[C@H]1OC(C(=O)NCC2CC2)=C[C@@H](c2ccc3c(c2)OCO3)[C@H]1CCOCCOCCO. The van der Waals surface area contributed by atoms with E-state index in [0.717, 1.165) is 18.4 Å². The van der Waals surface area contributed by atoms with Crippen LogP contribution in [0.5, 0.6) is 11.5 Å². The molecule has 1 aliphatic carbocycles. The highest BCUT2D eigenvalue weighted by molar-refractivity contribution is 5.91. The number of fused-ring (bicyclic) bond motifs is 1. The Labute approximate surface area is 200 Å². The first-order chi connectivity index (χ1) is 16.7. The molecule has 3 atom stereocenters. The van der Waals surface area contributed by atoms with Gasteiger partial charge in [-0.2, -0.15) is 0 Å². The van der Waals surface area contributed by atoms with Crippen molar-refractivity contribution in [2.45, 2.75) is 38.4 Å². The van der Waals surface area contributed by atoms with Gasteiger partial charge in [0.15, 0.2) is 17.3 Å². The van der Waals surface area contributed by atoms with Crippen molar-refractivity contribution in [1.29, 1.82) is 0 Å². The Morgan fingerprint density at radius 1 is 1.12 bits per heavy atom. The van der Waals surface area contributed by atoms with Crippen LogP contribution in [0.25, 0.3) is 0 Å². The van der Waals surface area contributed by atoms with E-state index >= 15 is 0 Å². The Morgan fingerprint density at radius 2 is 1.91 bits per heavy atom. The predicted octanol–water partition coefficient (Wildman–Crippen LogP) is 2.33. The molecule has 9 nitrogen and oxygen atoms in total. The fourth-order valence-corrected chi connectivity index (χ4v) is 4.19. The predicted molar refractivity (Wildman–Crippen MR) is 122 cm³/mol. The van der Waals surface area contributed by atoms with E-state index in [-0.39, 0.29) is 36.9 Å². The molecule has 3 aliphatic rings. The molecular formula is C25H35NO8. The lowest BCUT2D eigenvalue weighted by Crippen LogP contribution is -2.39. The van der Waals surface area contributed by atoms with Crippen molar-refractivity contribution in [3.05, 3.63) is 35.6 Å². The summed E-state index contributed by atoms with van der Waals surface area (Å²) in [5.74, 6) is 1.86. The van der Waals surface area contributed by atoms with Crippen LogP contribution in [0.2, 0.25) is 0 Å². The number of rotatable bonds is 14. The molecule has 0 saturated heterocycles. The van der Waals surface area contributed by atoms with Crippen LogP contribution >= 0.6 is 0 Å². The van der Waals surface area contributed by atoms with Crippen molar-refractivity contribution in [3.8, 4) is 11.5 Å². The van der Waals surface area contributed by atoms with Crippen molar-refractivity contribution in [3.63, 3.8) is 0 Å². The van der Waals surface area contributed by atoms with Crippen molar-refractivity contribution in [1.82, 2.24) is 5.32 Å². The van der Waals surface area contributed by atoms with Crippen LogP contribution in [0, 0.1) is 11.8 Å². The fourth-order valence-electron chi connectivity index (χ4n) is 4.19. The van der Waals surface area contributed by atoms with Gasteiger partial charge in [-0.05, 0) is 55.9 Å². The van der Waals surface area contributed by atoms with Gasteiger partial charge in [0.25, 0.3) is 5.91 Å². The highest BCUT2D eigenvalue weighted by Gasteiger charge is 2.38. The lowest BCUT2D eigenvalue weighted by molar-refractivity contribution is -0.168. The first kappa shape index (κ1) is 24.8. The summed E-state index contributed by atoms with van der Waals surface area (Å²) in [5.41, 5.74) is 1.00. The zero-order chi connectivity index (χ0) is 23.8. The molecule has 0 unspecified atom stereocenters. The Kier molecular flexibility index (Phi) is 9.04. The highest BCUT2D eigenvalue weighted by Crippen LogP contribution is 2.42. The molecule has 9 heteroatoms. The summed E-state index contributed by atoms with van der Waals surface area (Å²) >= 11 is 0. The molecule has 0 spiro atoms. The number of carbonyl (C=O) groups is 1. The Hall–Kier alpha value is -2.33. The minimum absolute atomic E-state index is 0.00440. The first-order valence-corrected chi connectivity index (χ1v) is 12.1. The monoisotopic (exact) mass is 477 g/mol. The van der Waals surface area contributed by atoms with Gasteiger partial charge in [0.1, 0.15) is 0 Å². The van der Waals surface area contributed by atoms with Gasteiger partial charge in [-0.1, -0.05) is 6.07 Å². The van der Waals surface area contributed by atoms with Gasteiger partial charge in [0, 0.05) is 31.6 Å². The van der Waals surface area contributed by atoms with Gasteiger partial charge in [0.2, 0.25) is 13.1 Å². The summed E-state index contributed by atoms with van der Waals surface area (Å²) in [5, 5.41) is 11.8. The molecule has 34 heavy (non-hydrogen) atoms.